The van der Waals surface area contributed by atoms with Crippen molar-refractivity contribution >= 4 is 11.6 Å². The van der Waals surface area contributed by atoms with Gasteiger partial charge in [0, 0.05) is 25.3 Å². The highest BCUT2D eigenvalue weighted by atomic mass is 16.1. The van der Waals surface area contributed by atoms with Gasteiger partial charge in [0.15, 0.2) is 0 Å². The molecule has 1 aromatic rings. The molecule has 0 heterocycles. The highest BCUT2D eigenvalue weighted by molar-refractivity contribution is 5.95. The predicted octanol–water partition coefficient (Wildman–Crippen LogP) is 2.95. The van der Waals surface area contributed by atoms with Crippen LogP contribution in [-0.2, 0) is 0 Å². The van der Waals surface area contributed by atoms with Crippen molar-refractivity contribution in [3.8, 4) is 6.07 Å². The summed E-state index contributed by atoms with van der Waals surface area (Å²) in [5.74, 6) is 0.139. The summed E-state index contributed by atoms with van der Waals surface area (Å²) < 4.78 is 0. The summed E-state index contributed by atoms with van der Waals surface area (Å²) in [4.78, 5) is 14.3. The lowest BCUT2D eigenvalue weighted by atomic mass is 9.84. The highest BCUT2D eigenvalue weighted by Crippen LogP contribution is 2.26. The zero-order valence-electron chi connectivity index (χ0n) is 12.8. The lowest BCUT2D eigenvalue weighted by molar-refractivity contribution is 0.0929. The molecular weight excluding hydrogens is 262 g/mol. The summed E-state index contributed by atoms with van der Waals surface area (Å²) in [7, 11) is 3.88. The first-order chi connectivity index (χ1) is 10.1. The molecule has 1 aromatic carbocycles. The Labute approximate surface area is 126 Å². The number of hydrogen-bond acceptors (Lipinski definition) is 3. The van der Waals surface area contributed by atoms with Crippen LogP contribution >= 0.6 is 0 Å². The molecule has 4 heteroatoms. The van der Waals surface area contributed by atoms with E-state index in [1.165, 1.54) is 6.42 Å². The Morgan fingerprint density at radius 2 is 2.05 bits per heavy atom. The molecule has 1 unspecified atom stereocenters. The van der Waals surface area contributed by atoms with Crippen molar-refractivity contribution in [3.63, 3.8) is 0 Å². The number of hydrogen-bond donors (Lipinski definition) is 1. The Balaban J connectivity index is 2.05. The molecule has 1 aliphatic rings. The molecule has 1 aliphatic carbocycles. The monoisotopic (exact) mass is 285 g/mol. The first kappa shape index (κ1) is 15.4. The number of nitrogens with one attached hydrogen (secondary N) is 1. The van der Waals surface area contributed by atoms with Crippen LogP contribution in [0.3, 0.4) is 0 Å². The van der Waals surface area contributed by atoms with E-state index in [1.807, 2.05) is 37.2 Å². The van der Waals surface area contributed by atoms with E-state index in [1.54, 1.807) is 6.07 Å². The Kier molecular flexibility index (Phi) is 5.21. The molecule has 0 spiro atoms. The molecule has 0 bridgehead atoms. The molecule has 0 aromatic heterocycles. The Morgan fingerprint density at radius 3 is 2.67 bits per heavy atom. The molecule has 21 heavy (non-hydrogen) atoms. The lowest BCUT2D eigenvalue weighted by Gasteiger charge is -2.26. The molecule has 1 amide bonds. The zero-order chi connectivity index (χ0) is 15.2. The molecule has 4 nitrogen and oxygen atoms in total. The number of nitrogens with zero attached hydrogens (tertiary/aromatic N) is 2. The summed E-state index contributed by atoms with van der Waals surface area (Å²) >= 11 is 0. The van der Waals surface area contributed by atoms with Crippen LogP contribution in [0.4, 0.5) is 5.69 Å². The van der Waals surface area contributed by atoms with Gasteiger partial charge in [-0.1, -0.05) is 25.3 Å². The van der Waals surface area contributed by atoms with Gasteiger partial charge in [-0.15, -0.1) is 0 Å². The molecule has 1 fully saturated rings. The van der Waals surface area contributed by atoms with Gasteiger partial charge in [0.05, 0.1) is 6.07 Å². The third-order valence-electron chi connectivity index (χ3n) is 4.17. The third kappa shape index (κ3) is 3.98. The smallest absolute Gasteiger partial charge is 0.252 e. The van der Waals surface area contributed by atoms with E-state index in [0.29, 0.717) is 11.5 Å². The highest BCUT2D eigenvalue weighted by Gasteiger charge is 2.25. The second kappa shape index (κ2) is 7.12. The average Bonchev–Trinajstić information content (AvgIpc) is 2.53. The van der Waals surface area contributed by atoms with Crippen LogP contribution < -0.4 is 10.2 Å². The SMILES string of the molecule is CN(C)c1cccc(C(=O)NC(C#N)C2CCCCC2)c1. The van der Waals surface area contributed by atoms with Crippen molar-refractivity contribution in [1.82, 2.24) is 5.32 Å². The maximum Gasteiger partial charge on any atom is 0.252 e. The van der Waals surface area contributed by atoms with Crippen molar-refractivity contribution in [2.24, 2.45) is 5.92 Å². The van der Waals surface area contributed by atoms with Crippen LogP contribution in [0.15, 0.2) is 24.3 Å². The van der Waals surface area contributed by atoms with Gasteiger partial charge in [0.1, 0.15) is 6.04 Å². The van der Waals surface area contributed by atoms with Crippen LogP contribution in [0.25, 0.3) is 0 Å². The van der Waals surface area contributed by atoms with E-state index in [2.05, 4.69) is 11.4 Å². The topological polar surface area (TPSA) is 56.1 Å². The molecule has 112 valence electrons. The quantitative estimate of drug-likeness (QED) is 0.925. The summed E-state index contributed by atoms with van der Waals surface area (Å²) in [5, 5.41) is 12.2. The number of rotatable bonds is 4. The van der Waals surface area contributed by atoms with Crippen LogP contribution in [0, 0.1) is 17.2 Å². The van der Waals surface area contributed by atoms with Gasteiger partial charge in [-0.05, 0) is 37.0 Å². The van der Waals surface area contributed by atoms with E-state index in [4.69, 9.17) is 0 Å². The second-order valence-corrected chi connectivity index (χ2v) is 5.92. The molecule has 1 saturated carbocycles. The standard InChI is InChI=1S/C17H23N3O/c1-20(2)15-10-6-9-14(11-15)17(21)19-16(12-18)13-7-4-3-5-8-13/h6,9-11,13,16H,3-5,7-8H2,1-2H3,(H,19,21). The van der Waals surface area contributed by atoms with E-state index in [-0.39, 0.29) is 11.9 Å². The number of carbonyl (C=O) groups excluding carboxylic acids is 1. The van der Waals surface area contributed by atoms with Crippen molar-refractivity contribution in [2.45, 2.75) is 38.1 Å². The minimum Gasteiger partial charge on any atom is -0.378 e. The summed E-state index contributed by atoms with van der Waals surface area (Å²) in [5.41, 5.74) is 1.59. The summed E-state index contributed by atoms with van der Waals surface area (Å²) in [6.45, 7) is 0. The van der Waals surface area contributed by atoms with E-state index < -0.39 is 0 Å². The fourth-order valence-corrected chi connectivity index (χ4v) is 2.87. The first-order valence-corrected chi connectivity index (χ1v) is 7.59. The molecular formula is C17H23N3O. The summed E-state index contributed by atoms with van der Waals surface area (Å²) in [6, 6.07) is 9.36. The minimum atomic E-state index is -0.374. The number of carbonyl (C=O) groups is 1. The van der Waals surface area contributed by atoms with Gasteiger partial charge in [-0.3, -0.25) is 4.79 Å². The largest absolute Gasteiger partial charge is 0.378 e. The summed E-state index contributed by atoms with van der Waals surface area (Å²) in [6.07, 6.45) is 5.64. The molecule has 0 saturated heterocycles. The Hall–Kier alpha value is -2.02. The van der Waals surface area contributed by atoms with Crippen LogP contribution in [-0.4, -0.2) is 26.0 Å². The maximum absolute atomic E-state index is 12.4. The first-order valence-electron chi connectivity index (χ1n) is 7.59. The predicted molar refractivity (Wildman–Crippen MR) is 84.2 cm³/mol. The van der Waals surface area contributed by atoms with E-state index >= 15 is 0 Å². The van der Waals surface area contributed by atoms with Crippen LogP contribution in [0.1, 0.15) is 42.5 Å². The molecule has 1 atom stereocenters. The Morgan fingerprint density at radius 1 is 1.33 bits per heavy atom. The van der Waals surface area contributed by atoms with Crippen LogP contribution in [0.2, 0.25) is 0 Å². The number of nitriles is 1. The van der Waals surface area contributed by atoms with Gasteiger partial charge >= 0.3 is 0 Å². The second-order valence-electron chi connectivity index (χ2n) is 5.92. The van der Waals surface area contributed by atoms with Gasteiger partial charge in [0.2, 0.25) is 0 Å². The van der Waals surface area contributed by atoms with E-state index in [0.717, 1.165) is 31.4 Å². The minimum absolute atomic E-state index is 0.157. The molecule has 0 radical (unpaired) electrons. The maximum atomic E-state index is 12.4. The fraction of sp³-hybridized carbons (Fsp3) is 0.529. The zero-order valence-corrected chi connectivity index (χ0v) is 12.8. The number of amides is 1. The van der Waals surface area contributed by atoms with E-state index in [9.17, 15) is 10.1 Å². The molecule has 2 rings (SSSR count). The fourth-order valence-electron chi connectivity index (χ4n) is 2.87. The molecule has 0 aliphatic heterocycles. The van der Waals surface area contributed by atoms with Crippen LogP contribution in [0.5, 0.6) is 0 Å². The third-order valence-corrected chi connectivity index (χ3v) is 4.17. The average molecular weight is 285 g/mol. The van der Waals surface area contributed by atoms with Crippen molar-refractivity contribution in [3.05, 3.63) is 29.8 Å². The normalized spacial score (nSPS) is 16.8. The van der Waals surface area contributed by atoms with Gasteiger partial charge in [-0.25, -0.2) is 0 Å². The van der Waals surface area contributed by atoms with Gasteiger partial charge < -0.3 is 10.2 Å². The van der Waals surface area contributed by atoms with Gasteiger partial charge in [-0.2, -0.15) is 5.26 Å². The number of anilines is 1. The van der Waals surface area contributed by atoms with Crippen molar-refractivity contribution in [2.75, 3.05) is 19.0 Å². The molecule has 1 N–H and O–H groups in total. The van der Waals surface area contributed by atoms with Crippen molar-refractivity contribution < 1.29 is 4.79 Å². The van der Waals surface area contributed by atoms with Gasteiger partial charge in [0.25, 0.3) is 5.91 Å². The lowest BCUT2D eigenvalue weighted by Crippen LogP contribution is -2.40. The Bertz CT molecular complexity index is 527. The number of benzene rings is 1. The van der Waals surface area contributed by atoms with Crippen molar-refractivity contribution in [1.29, 1.82) is 5.26 Å².